The summed E-state index contributed by atoms with van der Waals surface area (Å²) in [7, 11) is 0. The lowest BCUT2D eigenvalue weighted by Crippen LogP contribution is -2.55. The van der Waals surface area contributed by atoms with Crippen LogP contribution < -0.4 is 15.5 Å². The highest BCUT2D eigenvalue weighted by Gasteiger charge is 2.40. The molecule has 0 bridgehead atoms. The zero-order valence-corrected chi connectivity index (χ0v) is 25.4. The first-order chi connectivity index (χ1) is 21.8. The fourth-order valence-corrected chi connectivity index (χ4v) is 5.69. The van der Waals surface area contributed by atoms with Crippen molar-refractivity contribution < 1.29 is 27.8 Å². The van der Waals surface area contributed by atoms with Crippen molar-refractivity contribution in [1.29, 1.82) is 0 Å². The van der Waals surface area contributed by atoms with E-state index in [4.69, 9.17) is 25.8 Å². The summed E-state index contributed by atoms with van der Waals surface area (Å²) in [6.45, 7) is 4.81. The summed E-state index contributed by atoms with van der Waals surface area (Å²) >= 11 is 6.34. The van der Waals surface area contributed by atoms with Crippen molar-refractivity contribution in [2.24, 2.45) is 0 Å². The van der Waals surface area contributed by atoms with Crippen LogP contribution in [0.25, 0.3) is 5.82 Å². The van der Waals surface area contributed by atoms with Gasteiger partial charge in [-0.2, -0.15) is 4.68 Å². The van der Waals surface area contributed by atoms with Gasteiger partial charge >= 0.3 is 5.69 Å². The number of hydrogen-bond acceptors (Lipinski definition) is 8. The van der Waals surface area contributed by atoms with Crippen LogP contribution in [0, 0.1) is 11.6 Å². The quantitative estimate of drug-likeness (QED) is 0.260. The van der Waals surface area contributed by atoms with E-state index >= 15 is 8.78 Å². The number of rotatable bonds is 9. The number of amides is 1. The molecule has 2 aromatic heterocycles. The maximum absolute atomic E-state index is 15.9. The number of anilines is 2. The second-order valence-electron chi connectivity index (χ2n) is 10.6. The van der Waals surface area contributed by atoms with E-state index in [9.17, 15) is 9.59 Å². The summed E-state index contributed by atoms with van der Waals surface area (Å²) in [5.74, 6) is -2.47. The SMILES string of the molecule is CCn1c(COCc2ccccc2)nn(-c2nc3c(cc2F)C(=O)N(c2c(F)cccc2Cl)CN3C(C)C2OCCCO2)c1=O. The molecule has 6 rings (SSSR count). The van der Waals surface area contributed by atoms with Gasteiger partial charge in [-0.1, -0.05) is 48.0 Å². The van der Waals surface area contributed by atoms with Crippen molar-refractivity contribution in [3.8, 4) is 5.82 Å². The zero-order chi connectivity index (χ0) is 31.7. The van der Waals surface area contributed by atoms with E-state index in [1.807, 2.05) is 30.3 Å². The molecule has 236 valence electrons. The smallest absolute Gasteiger partial charge is 0.352 e. The molecule has 14 heteroatoms. The number of ether oxygens (including phenoxy) is 3. The van der Waals surface area contributed by atoms with Crippen molar-refractivity contribution in [2.45, 2.75) is 52.4 Å². The standard InChI is InChI=1S/C31H31ClF2N6O5/c1-3-37-25(17-43-16-20-9-5-4-6-10-20)36-40(31(37)42)28-24(34)15-21-27(35-28)38(19(2)30-44-13-8-14-45-30)18-39(29(21)41)26-22(32)11-7-12-23(26)33/h4-7,9-12,15,19,30H,3,8,13-14,16-18H2,1-2H3. The number of para-hydroxylation sites is 1. The van der Waals surface area contributed by atoms with E-state index in [0.29, 0.717) is 26.2 Å². The molecule has 2 aliphatic rings. The van der Waals surface area contributed by atoms with Crippen LogP contribution in [0.2, 0.25) is 5.02 Å². The van der Waals surface area contributed by atoms with Crippen molar-refractivity contribution in [3.05, 3.63) is 98.7 Å². The molecule has 1 amide bonds. The number of carbonyl (C=O) groups excluding carboxylic acids is 1. The lowest BCUT2D eigenvalue weighted by atomic mass is 10.1. The first-order valence-corrected chi connectivity index (χ1v) is 14.9. The van der Waals surface area contributed by atoms with Gasteiger partial charge in [0.15, 0.2) is 23.7 Å². The molecule has 1 atom stereocenters. The highest BCUT2D eigenvalue weighted by molar-refractivity contribution is 6.34. The van der Waals surface area contributed by atoms with Crippen LogP contribution in [0.4, 0.5) is 20.3 Å². The van der Waals surface area contributed by atoms with Gasteiger partial charge in [0.2, 0.25) is 0 Å². The number of halogens is 3. The summed E-state index contributed by atoms with van der Waals surface area (Å²) in [6, 6.07) is 14.0. The van der Waals surface area contributed by atoms with Crippen LogP contribution in [-0.2, 0) is 34.0 Å². The highest BCUT2D eigenvalue weighted by atomic mass is 35.5. The summed E-state index contributed by atoms with van der Waals surface area (Å²) in [5.41, 5.74) is 0.0155. The minimum absolute atomic E-state index is 0.00606. The molecule has 0 spiro atoms. The molecule has 0 radical (unpaired) electrons. The van der Waals surface area contributed by atoms with E-state index in [1.165, 1.54) is 22.8 Å². The lowest BCUT2D eigenvalue weighted by molar-refractivity contribution is -0.186. The first kappa shape index (κ1) is 30.8. The molecule has 2 aliphatic heterocycles. The molecule has 0 N–H and O–H groups in total. The van der Waals surface area contributed by atoms with Gasteiger partial charge in [-0.05, 0) is 44.0 Å². The zero-order valence-electron chi connectivity index (χ0n) is 24.7. The van der Waals surface area contributed by atoms with Crippen LogP contribution in [0.3, 0.4) is 0 Å². The van der Waals surface area contributed by atoms with Crippen molar-refractivity contribution in [1.82, 2.24) is 19.3 Å². The average molecular weight is 641 g/mol. The third kappa shape index (κ3) is 5.96. The van der Waals surface area contributed by atoms with E-state index in [2.05, 4.69) is 10.1 Å². The Labute approximate surface area is 262 Å². The van der Waals surface area contributed by atoms with Gasteiger partial charge in [0.25, 0.3) is 5.91 Å². The normalized spacial score (nSPS) is 16.2. The molecule has 0 aliphatic carbocycles. The Bertz CT molecular complexity index is 1740. The summed E-state index contributed by atoms with van der Waals surface area (Å²) in [4.78, 5) is 34.5. The minimum Gasteiger partial charge on any atom is -0.369 e. The Hall–Kier alpha value is -4.17. The molecular weight excluding hydrogens is 610 g/mol. The topological polar surface area (TPSA) is 104 Å². The Balaban J connectivity index is 1.40. The molecule has 1 fully saturated rings. The van der Waals surface area contributed by atoms with Crippen molar-refractivity contribution >= 4 is 29.0 Å². The number of nitrogens with zero attached hydrogens (tertiary/aromatic N) is 6. The second-order valence-corrected chi connectivity index (χ2v) is 11.0. The van der Waals surface area contributed by atoms with Gasteiger partial charge in [0.1, 0.15) is 30.6 Å². The minimum atomic E-state index is -0.971. The number of fused-ring (bicyclic) bond motifs is 1. The molecule has 11 nitrogen and oxygen atoms in total. The Morgan fingerprint density at radius 1 is 1.02 bits per heavy atom. The van der Waals surface area contributed by atoms with Gasteiger partial charge in [-0.15, -0.1) is 5.10 Å². The van der Waals surface area contributed by atoms with Gasteiger partial charge in [0.05, 0.1) is 36.4 Å². The van der Waals surface area contributed by atoms with Crippen molar-refractivity contribution in [2.75, 3.05) is 29.7 Å². The van der Waals surface area contributed by atoms with Crippen LogP contribution in [0.1, 0.15) is 42.0 Å². The van der Waals surface area contributed by atoms with Gasteiger partial charge in [-0.25, -0.2) is 18.6 Å². The fraction of sp³-hybridized carbons (Fsp3) is 0.355. The van der Waals surface area contributed by atoms with Crippen LogP contribution in [0.15, 0.2) is 59.4 Å². The monoisotopic (exact) mass is 640 g/mol. The first-order valence-electron chi connectivity index (χ1n) is 14.6. The largest absolute Gasteiger partial charge is 0.369 e. The number of aromatic nitrogens is 4. The highest BCUT2D eigenvalue weighted by Crippen LogP contribution is 2.37. The Kier molecular flexibility index (Phi) is 8.95. The molecule has 0 saturated carbocycles. The number of carbonyl (C=O) groups is 1. The maximum Gasteiger partial charge on any atom is 0.352 e. The number of benzene rings is 2. The molecule has 2 aromatic carbocycles. The van der Waals surface area contributed by atoms with Crippen LogP contribution >= 0.6 is 11.6 Å². The van der Waals surface area contributed by atoms with Gasteiger partial charge in [0, 0.05) is 6.54 Å². The second kappa shape index (κ2) is 13.1. The maximum atomic E-state index is 15.9. The predicted octanol–water partition coefficient (Wildman–Crippen LogP) is 4.67. The molecule has 45 heavy (non-hydrogen) atoms. The predicted molar refractivity (Wildman–Crippen MR) is 162 cm³/mol. The molecule has 1 saturated heterocycles. The third-order valence-electron chi connectivity index (χ3n) is 7.72. The van der Waals surface area contributed by atoms with E-state index in [-0.39, 0.29) is 47.7 Å². The van der Waals surface area contributed by atoms with Crippen LogP contribution in [-0.4, -0.2) is 57.5 Å². The van der Waals surface area contributed by atoms with E-state index in [1.54, 1.807) is 18.7 Å². The Morgan fingerprint density at radius 2 is 1.78 bits per heavy atom. The van der Waals surface area contributed by atoms with Crippen molar-refractivity contribution in [3.63, 3.8) is 0 Å². The lowest BCUT2D eigenvalue weighted by Gasteiger charge is -2.43. The van der Waals surface area contributed by atoms with Gasteiger partial charge < -0.3 is 19.1 Å². The summed E-state index contributed by atoms with van der Waals surface area (Å²) < 4.78 is 50.6. The van der Waals surface area contributed by atoms with E-state index in [0.717, 1.165) is 21.2 Å². The van der Waals surface area contributed by atoms with Gasteiger partial charge in [-0.3, -0.25) is 14.3 Å². The van der Waals surface area contributed by atoms with Crippen LogP contribution in [0.5, 0.6) is 0 Å². The fourth-order valence-electron chi connectivity index (χ4n) is 5.43. The number of pyridine rings is 1. The Morgan fingerprint density at radius 3 is 2.49 bits per heavy atom. The summed E-state index contributed by atoms with van der Waals surface area (Å²) in [6.07, 6.45) is -0.00747. The third-order valence-corrected chi connectivity index (χ3v) is 8.03. The number of hydrogen-bond donors (Lipinski definition) is 0. The average Bonchev–Trinajstić information content (AvgIpc) is 3.36. The molecular formula is C31H31ClF2N6O5. The molecule has 1 unspecified atom stereocenters. The molecule has 4 aromatic rings. The molecule has 4 heterocycles. The summed E-state index contributed by atoms with van der Waals surface area (Å²) in [5, 5.41) is 4.37. The van der Waals surface area contributed by atoms with E-state index < -0.39 is 41.4 Å².